The van der Waals surface area contributed by atoms with Crippen molar-refractivity contribution in [1.82, 2.24) is 9.97 Å². The molecule has 0 unspecified atom stereocenters. The van der Waals surface area contributed by atoms with Crippen LogP contribution in [0.1, 0.15) is 23.2 Å². The molecule has 2 aromatic heterocycles. The van der Waals surface area contributed by atoms with Crippen molar-refractivity contribution in [3.05, 3.63) is 71.5 Å². The molecule has 3 heterocycles. The highest BCUT2D eigenvalue weighted by atomic mass is 19.4. The Labute approximate surface area is 182 Å². The molecule has 4 rings (SSSR count). The van der Waals surface area contributed by atoms with Crippen LogP contribution in [0.25, 0.3) is 11.3 Å². The summed E-state index contributed by atoms with van der Waals surface area (Å²) in [5, 5.41) is 19.2. The molecule has 0 aliphatic carbocycles. The molecule has 0 spiro atoms. The van der Waals surface area contributed by atoms with Gasteiger partial charge in [0.05, 0.1) is 47.4 Å². The highest BCUT2D eigenvalue weighted by Gasteiger charge is 2.31. The summed E-state index contributed by atoms with van der Waals surface area (Å²) in [6.45, 7) is 0.833. The van der Waals surface area contributed by atoms with Gasteiger partial charge in [0.1, 0.15) is 6.10 Å². The maximum absolute atomic E-state index is 12.7. The van der Waals surface area contributed by atoms with Gasteiger partial charge in [0.15, 0.2) is 0 Å². The van der Waals surface area contributed by atoms with Gasteiger partial charge in [-0.05, 0) is 24.3 Å². The molecule has 1 N–H and O–H groups in total. The van der Waals surface area contributed by atoms with Gasteiger partial charge in [-0.1, -0.05) is 18.2 Å². The highest BCUT2D eigenvalue weighted by molar-refractivity contribution is 5.69. The first-order valence-electron chi connectivity index (χ1n) is 9.94. The Kier molecular flexibility index (Phi) is 5.97. The number of anilines is 1. The van der Waals surface area contributed by atoms with Crippen LogP contribution in [0.2, 0.25) is 0 Å². The summed E-state index contributed by atoms with van der Waals surface area (Å²) in [5.41, 5.74) is 2.17. The summed E-state index contributed by atoms with van der Waals surface area (Å²) in [6.07, 6.45) is -3.30. The van der Waals surface area contributed by atoms with E-state index in [4.69, 9.17) is 4.74 Å². The number of nitrogens with zero attached hydrogens (tertiary/aromatic N) is 4. The third kappa shape index (κ3) is 4.50. The largest absolute Gasteiger partial charge is 0.472 e. The van der Waals surface area contributed by atoms with Crippen LogP contribution in [0.15, 0.2) is 54.7 Å². The second-order valence-corrected chi connectivity index (χ2v) is 7.34. The van der Waals surface area contributed by atoms with Gasteiger partial charge in [-0.25, -0.2) is 9.97 Å². The number of aliphatic hydroxyl groups is 1. The Morgan fingerprint density at radius 2 is 1.97 bits per heavy atom. The number of hydrogen-bond acceptors (Lipinski definition) is 6. The first-order valence-corrected chi connectivity index (χ1v) is 9.94. The molecule has 164 valence electrons. The molecule has 1 atom stereocenters. The molecular weight excluding hydrogens is 421 g/mol. The number of pyridine rings is 2. The number of aliphatic hydroxyl groups excluding tert-OH is 1. The minimum absolute atomic E-state index is 0.133. The fourth-order valence-electron chi connectivity index (χ4n) is 3.68. The van der Waals surface area contributed by atoms with Crippen LogP contribution in [-0.4, -0.2) is 34.3 Å². The smallest absolute Gasteiger partial charge is 0.417 e. The lowest BCUT2D eigenvalue weighted by Gasteiger charge is -2.21. The second-order valence-electron chi connectivity index (χ2n) is 7.34. The average Bonchev–Trinajstić information content (AvgIpc) is 3.26. The lowest BCUT2D eigenvalue weighted by Crippen LogP contribution is -2.26. The Morgan fingerprint density at radius 3 is 2.66 bits per heavy atom. The summed E-state index contributed by atoms with van der Waals surface area (Å²) < 4.78 is 43.8. The van der Waals surface area contributed by atoms with E-state index < -0.39 is 11.7 Å². The van der Waals surface area contributed by atoms with E-state index in [1.54, 1.807) is 24.3 Å². The fraction of sp³-hybridized carbons (Fsp3) is 0.261. The number of benzene rings is 1. The molecule has 1 aliphatic rings. The van der Waals surface area contributed by atoms with E-state index in [1.165, 1.54) is 6.07 Å². The third-order valence-electron chi connectivity index (χ3n) is 5.26. The summed E-state index contributed by atoms with van der Waals surface area (Å²) in [5.74, 6) is 0.133. The third-order valence-corrected chi connectivity index (χ3v) is 5.26. The lowest BCUT2D eigenvalue weighted by atomic mass is 10.0. The molecule has 0 radical (unpaired) electrons. The zero-order valence-electron chi connectivity index (χ0n) is 16.9. The molecule has 0 saturated carbocycles. The molecule has 9 heteroatoms. The van der Waals surface area contributed by atoms with Gasteiger partial charge < -0.3 is 14.7 Å². The standard InChI is InChI=1S/C23H19F3N4O2/c24-23(25,26)16-5-8-22(28-12-16)32-17-9-10-30(13-17)21-7-6-19(29-20(21)14-31)18-4-2-1-3-15(18)11-27/h1-8,12,17,31H,9-10,13-14H2/t17-/m0/s1. The number of alkyl halides is 3. The Hall–Kier alpha value is -3.64. The van der Waals surface area contributed by atoms with Gasteiger partial charge >= 0.3 is 6.18 Å². The van der Waals surface area contributed by atoms with Gasteiger partial charge in [-0.3, -0.25) is 0 Å². The molecule has 1 aromatic carbocycles. The number of ether oxygens (including phenoxy) is 1. The van der Waals surface area contributed by atoms with Gasteiger partial charge in [-0.15, -0.1) is 0 Å². The van der Waals surface area contributed by atoms with E-state index in [9.17, 15) is 23.5 Å². The van der Waals surface area contributed by atoms with Crippen molar-refractivity contribution < 1.29 is 23.0 Å². The predicted molar refractivity (Wildman–Crippen MR) is 111 cm³/mol. The number of rotatable bonds is 5. The molecule has 32 heavy (non-hydrogen) atoms. The van der Waals surface area contributed by atoms with Crippen molar-refractivity contribution in [3.8, 4) is 23.2 Å². The van der Waals surface area contributed by atoms with Crippen LogP contribution >= 0.6 is 0 Å². The quantitative estimate of drug-likeness (QED) is 0.641. The molecule has 0 bridgehead atoms. The van der Waals surface area contributed by atoms with Gasteiger partial charge in [0.2, 0.25) is 5.88 Å². The van der Waals surface area contributed by atoms with Crippen LogP contribution in [0.5, 0.6) is 5.88 Å². The molecule has 1 aliphatic heterocycles. The van der Waals surface area contributed by atoms with E-state index in [1.807, 2.05) is 17.0 Å². The minimum Gasteiger partial charge on any atom is -0.472 e. The molecule has 0 amide bonds. The van der Waals surface area contributed by atoms with Crippen molar-refractivity contribution in [2.75, 3.05) is 18.0 Å². The van der Waals surface area contributed by atoms with Crippen molar-refractivity contribution >= 4 is 5.69 Å². The number of halogens is 3. The van der Waals surface area contributed by atoms with Gasteiger partial charge in [0, 0.05) is 30.8 Å². The van der Waals surface area contributed by atoms with E-state index in [0.717, 1.165) is 18.0 Å². The maximum Gasteiger partial charge on any atom is 0.417 e. The summed E-state index contributed by atoms with van der Waals surface area (Å²) in [7, 11) is 0. The van der Waals surface area contributed by atoms with Crippen LogP contribution in [0.4, 0.5) is 18.9 Å². The van der Waals surface area contributed by atoms with Crippen molar-refractivity contribution in [3.63, 3.8) is 0 Å². The molecule has 3 aromatic rings. The first kappa shape index (κ1) is 21.6. The average molecular weight is 440 g/mol. The zero-order chi connectivity index (χ0) is 22.7. The van der Waals surface area contributed by atoms with E-state index in [0.29, 0.717) is 42.0 Å². The summed E-state index contributed by atoms with van der Waals surface area (Å²) in [6, 6.07) is 15.1. The highest BCUT2D eigenvalue weighted by Crippen LogP contribution is 2.31. The lowest BCUT2D eigenvalue weighted by molar-refractivity contribution is -0.137. The van der Waals surface area contributed by atoms with Crippen LogP contribution in [-0.2, 0) is 12.8 Å². The van der Waals surface area contributed by atoms with Crippen LogP contribution in [0.3, 0.4) is 0 Å². The van der Waals surface area contributed by atoms with Crippen molar-refractivity contribution in [1.29, 1.82) is 5.26 Å². The minimum atomic E-state index is -4.44. The Balaban J connectivity index is 1.48. The summed E-state index contributed by atoms with van der Waals surface area (Å²) in [4.78, 5) is 10.3. The van der Waals surface area contributed by atoms with Crippen molar-refractivity contribution in [2.24, 2.45) is 0 Å². The van der Waals surface area contributed by atoms with Gasteiger partial charge in [0.25, 0.3) is 0 Å². The van der Waals surface area contributed by atoms with Crippen LogP contribution < -0.4 is 9.64 Å². The normalized spacial score (nSPS) is 16.1. The predicted octanol–water partition coefficient (Wildman–Crippen LogP) is 4.18. The zero-order valence-corrected chi connectivity index (χ0v) is 16.9. The second kappa shape index (κ2) is 8.85. The van der Waals surface area contributed by atoms with Crippen LogP contribution in [0, 0.1) is 11.3 Å². The molecular formula is C23H19F3N4O2. The maximum atomic E-state index is 12.7. The number of nitriles is 1. The van der Waals surface area contributed by atoms with E-state index in [-0.39, 0.29) is 18.6 Å². The first-order chi connectivity index (χ1) is 15.4. The topological polar surface area (TPSA) is 82.3 Å². The Morgan fingerprint density at radius 1 is 1.16 bits per heavy atom. The SMILES string of the molecule is N#Cc1ccccc1-c1ccc(N2CC[C@H](Oc3ccc(C(F)(F)F)cn3)C2)c(CO)n1. The van der Waals surface area contributed by atoms with E-state index >= 15 is 0 Å². The van der Waals surface area contributed by atoms with Crippen molar-refractivity contribution in [2.45, 2.75) is 25.3 Å². The van der Waals surface area contributed by atoms with E-state index in [2.05, 4.69) is 16.0 Å². The number of aromatic nitrogens is 2. The molecule has 6 nitrogen and oxygen atoms in total. The summed E-state index contributed by atoms with van der Waals surface area (Å²) >= 11 is 0. The Bertz CT molecular complexity index is 1140. The molecule has 1 fully saturated rings. The van der Waals surface area contributed by atoms with Gasteiger partial charge in [-0.2, -0.15) is 18.4 Å². The molecule has 1 saturated heterocycles. The monoisotopic (exact) mass is 440 g/mol. The number of hydrogen-bond donors (Lipinski definition) is 1. The fourth-order valence-corrected chi connectivity index (χ4v) is 3.68.